The zero-order valence-corrected chi connectivity index (χ0v) is 11.6. The Balaban J connectivity index is 1.88. The van der Waals surface area contributed by atoms with Crippen LogP contribution in [0, 0.1) is 10.1 Å². The number of H-pyrrole nitrogens is 1. The molecular formula is C12H12ClN5O3. The summed E-state index contributed by atoms with van der Waals surface area (Å²) in [6, 6.07) is 3.94. The summed E-state index contributed by atoms with van der Waals surface area (Å²) in [5.74, 6) is 0.360. The summed E-state index contributed by atoms with van der Waals surface area (Å²) in [7, 11) is 0. The van der Waals surface area contributed by atoms with Gasteiger partial charge < -0.3 is 5.32 Å². The summed E-state index contributed by atoms with van der Waals surface area (Å²) < 4.78 is 0. The maximum Gasteiger partial charge on any atom is 0.288 e. The van der Waals surface area contributed by atoms with Gasteiger partial charge in [0.25, 0.3) is 11.6 Å². The molecule has 2 aromatic rings. The average Bonchev–Trinajstić information content (AvgIpc) is 2.96. The average molecular weight is 310 g/mol. The number of hydrogen-bond acceptors (Lipinski definition) is 5. The van der Waals surface area contributed by atoms with E-state index in [9.17, 15) is 14.9 Å². The molecule has 1 heterocycles. The van der Waals surface area contributed by atoms with Gasteiger partial charge in [0.15, 0.2) is 0 Å². The summed E-state index contributed by atoms with van der Waals surface area (Å²) in [6.45, 7) is 0.427. The number of hydrogen-bond donors (Lipinski definition) is 2. The topological polar surface area (TPSA) is 114 Å². The SMILES string of the molecule is O=C(NCCCc1ncn[nH]1)c1ccc(Cl)c([N+](=O)[O-])c1. The molecule has 1 amide bonds. The smallest absolute Gasteiger partial charge is 0.288 e. The van der Waals surface area contributed by atoms with Crippen molar-refractivity contribution in [3.05, 3.63) is 51.1 Å². The molecule has 0 saturated carbocycles. The second-order valence-corrected chi connectivity index (χ2v) is 4.62. The fourth-order valence-corrected chi connectivity index (χ4v) is 1.89. The molecule has 0 aliphatic heterocycles. The number of amides is 1. The van der Waals surface area contributed by atoms with E-state index in [0.29, 0.717) is 19.4 Å². The maximum atomic E-state index is 11.9. The molecule has 21 heavy (non-hydrogen) atoms. The molecule has 0 saturated heterocycles. The van der Waals surface area contributed by atoms with Gasteiger partial charge in [-0.15, -0.1) is 0 Å². The molecule has 1 aromatic carbocycles. The molecule has 8 nitrogen and oxygen atoms in total. The number of nitro groups is 1. The molecule has 0 atom stereocenters. The summed E-state index contributed by atoms with van der Waals surface area (Å²) in [5.41, 5.74) is -0.0864. The number of rotatable bonds is 6. The van der Waals surface area contributed by atoms with Gasteiger partial charge in [-0.2, -0.15) is 5.10 Å². The summed E-state index contributed by atoms with van der Waals surface area (Å²) in [5, 5.41) is 19.9. The van der Waals surface area contributed by atoms with Crippen molar-refractivity contribution in [2.75, 3.05) is 6.54 Å². The van der Waals surface area contributed by atoms with Gasteiger partial charge in [0.2, 0.25) is 0 Å². The van der Waals surface area contributed by atoms with Crippen LogP contribution in [0.15, 0.2) is 24.5 Å². The predicted molar refractivity (Wildman–Crippen MR) is 75.1 cm³/mol. The lowest BCUT2D eigenvalue weighted by Gasteiger charge is -2.05. The van der Waals surface area contributed by atoms with Crippen LogP contribution in [0.4, 0.5) is 5.69 Å². The van der Waals surface area contributed by atoms with E-state index >= 15 is 0 Å². The molecule has 0 bridgehead atoms. The number of halogens is 1. The first kappa shape index (κ1) is 14.9. The third-order valence-electron chi connectivity index (χ3n) is 2.75. The standard InChI is InChI=1S/C12H12ClN5O3/c13-9-4-3-8(6-10(9)18(20)21)12(19)14-5-1-2-11-15-7-16-17-11/h3-4,6-7H,1-2,5H2,(H,14,19)(H,15,16,17). The van der Waals surface area contributed by atoms with Gasteiger partial charge in [-0.25, -0.2) is 4.98 Å². The third kappa shape index (κ3) is 3.99. The lowest BCUT2D eigenvalue weighted by molar-refractivity contribution is -0.384. The molecule has 0 aliphatic carbocycles. The summed E-state index contributed by atoms with van der Waals surface area (Å²) >= 11 is 5.69. The zero-order chi connectivity index (χ0) is 15.2. The largest absolute Gasteiger partial charge is 0.352 e. The van der Waals surface area contributed by atoms with Crippen LogP contribution in [-0.4, -0.2) is 32.6 Å². The first-order valence-electron chi connectivity index (χ1n) is 6.14. The number of carbonyl (C=O) groups is 1. The van der Waals surface area contributed by atoms with Crippen LogP contribution in [-0.2, 0) is 6.42 Å². The summed E-state index contributed by atoms with van der Waals surface area (Å²) in [4.78, 5) is 26.0. The lowest BCUT2D eigenvalue weighted by atomic mass is 10.2. The van der Waals surface area contributed by atoms with E-state index in [1.165, 1.54) is 18.5 Å². The van der Waals surface area contributed by atoms with Crippen LogP contribution < -0.4 is 5.32 Å². The molecule has 0 aliphatic rings. The molecule has 1 aromatic heterocycles. The van der Waals surface area contributed by atoms with Crippen LogP contribution in [0.3, 0.4) is 0 Å². The molecule has 0 spiro atoms. The van der Waals surface area contributed by atoms with Gasteiger partial charge in [0.1, 0.15) is 17.2 Å². The van der Waals surface area contributed by atoms with Crippen molar-refractivity contribution in [3.63, 3.8) is 0 Å². The number of aromatic amines is 1. The monoisotopic (exact) mass is 309 g/mol. The van der Waals surface area contributed by atoms with Gasteiger partial charge in [0.05, 0.1) is 4.92 Å². The molecular weight excluding hydrogens is 298 g/mol. The highest BCUT2D eigenvalue weighted by molar-refractivity contribution is 6.32. The van der Waals surface area contributed by atoms with E-state index in [1.54, 1.807) is 0 Å². The number of nitro benzene ring substituents is 1. The van der Waals surface area contributed by atoms with Gasteiger partial charge >= 0.3 is 0 Å². The quantitative estimate of drug-likeness (QED) is 0.479. The Morgan fingerprint density at radius 1 is 1.48 bits per heavy atom. The highest BCUT2D eigenvalue weighted by Crippen LogP contribution is 2.24. The highest BCUT2D eigenvalue weighted by atomic mass is 35.5. The Kier molecular flexibility index (Phi) is 4.83. The van der Waals surface area contributed by atoms with Crippen LogP contribution in [0.25, 0.3) is 0 Å². The normalized spacial score (nSPS) is 10.3. The molecule has 2 N–H and O–H groups in total. The van der Waals surface area contributed by atoms with Crippen LogP contribution in [0.5, 0.6) is 0 Å². The minimum atomic E-state index is -0.622. The number of aromatic nitrogens is 3. The highest BCUT2D eigenvalue weighted by Gasteiger charge is 2.15. The predicted octanol–water partition coefficient (Wildman–Crippen LogP) is 1.73. The first-order valence-corrected chi connectivity index (χ1v) is 6.52. The van der Waals surface area contributed by atoms with E-state index in [4.69, 9.17) is 11.6 Å². The Labute approximate surface area is 124 Å². The van der Waals surface area contributed by atoms with E-state index in [0.717, 1.165) is 11.9 Å². The Morgan fingerprint density at radius 3 is 2.95 bits per heavy atom. The van der Waals surface area contributed by atoms with Gasteiger partial charge in [-0.1, -0.05) is 11.6 Å². The van der Waals surface area contributed by atoms with Gasteiger partial charge in [0, 0.05) is 24.6 Å². The van der Waals surface area contributed by atoms with Crippen molar-refractivity contribution >= 4 is 23.2 Å². The van der Waals surface area contributed by atoms with Gasteiger partial charge in [-0.05, 0) is 18.6 Å². The van der Waals surface area contributed by atoms with Crippen molar-refractivity contribution in [1.29, 1.82) is 0 Å². The van der Waals surface area contributed by atoms with Crippen LogP contribution >= 0.6 is 11.6 Å². The Morgan fingerprint density at radius 2 is 2.29 bits per heavy atom. The Bertz CT molecular complexity index is 644. The van der Waals surface area contributed by atoms with Crippen LogP contribution in [0.1, 0.15) is 22.6 Å². The van der Waals surface area contributed by atoms with E-state index < -0.39 is 4.92 Å². The molecule has 0 fully saturated rings. The Hall–Kier alpha value is -2.48. The van der Waals surface area contributed by atoms with Crippen molar-refractivity contribution in [3.8, 4) is 0 Å². The van der Waals surface area contributed by atoms with E-state index in [-0.39, 0.29) is 22.2 Å². The second kappa shape index (κ2) is 6.80. The summed E-state index contributed by atoms with van der Waals surface area (Å²) in [6.07, 6.45) is 2.75. The number of nitrogens with zero attached hydrogens (tertiary/aromatic N) is 3. The number of carbonyl (C=O) groups excluding carboxylic acids is 1. The third-order valence-corrected chi connectivity index (χ3v) is 3.07. The molecule has 110 valence electrons. The fourth-order valence-electron chi connectivity index (χ4n) is 1.70. The number of benzene rings is 1. The minimum Gasteiger partial charge on any atom is -0.352 e. The van der Waals surface area contributed by atoms with E-state index in [1.807, 2.05) is 0 Å². The number of aryl methyl sites for hydroxylation is 1. The van der Waals surface area contributed by atoms with Crippen molar-refractivity contribution in [1.82, 2.24) is 20.5 Å². The number of nitrogens with one attached hydrogen (secondary N) is 2. The minimum absolute atomic E-state index is 0.00173. The molecule has 2 rings (SSSR count). The fraction of sp³-hybridized carbons (Fsp3) is 0.250. The van der Waals surface area contributed by atoms with Crippen molar-refractivity contribution < 1.29 is 9.72 Å². The van der Waals surface area contributed by atoms with Gasteiger partial charge in [-0.3, -0.25) is 20.0 Å². The molecule has 0 radical (unpaired) electrons. The maximum absolute atomic E-state index is 11.9. The molecule has 9 heteroatoms. The van der Waals surface area contributed by atoms with E-state index in [2.05, 4.69) is 20.5 Å². The van der Waals surface area contributed by atoms with Crippen molar-refractivity contribution in [2.45, 2.75) is 12.8 Å². The lowest BCUT2D eigenvalue weighted by Crippen LogP contribution is -2.24. The van der Waals surface area contributed by atoms with Crippen molar-refractivity contribution in [2.24, 2.45) is 0 Å². The van der Waals surface area contributed by atoms with Crippen LogP contribution in [0.2, 0.25) is 5.02 Å². The second-order valence-electron chi connectivity index (χ2n) is 4.21. The molecule has 0 unspecified atom stereocenters. The zero-order valence-electron chi connectivity index (χ0n) is 10.9. The first-order chi connectivity index (χ1) is 10.1.